The fourth-order valence-electron chi connectivity index (χ4n) is 2.39. The lowest BCUT2D eigenvalue weighted by Crippen LogP contribution is -2.11. The number of rotatable bonds is 7. The van der Waals surface area contributed by atoms with Crippen molar-refractivity contribution in [2.45, 2.75) is 6.92 Å². The third-order valence-electron chi connectivity index (χ3n) is 3.79. The molecule has 0 spiro atoms. The minimum Gasteiger partial charge on any atom is -0.493 e. The second-order valence-electron chi connectivity index (χ2n) is 6.11. The number of H-pyrrole nitrogens is 1. The summed E-state index contributed by atoms with van der Waals surface area (Å²) in [5.41, 5.74) is 7.73. The Bertz CT molecular complexity index is 891. The van der Waals surface area contributed by atoms with Crippen LogP contribution in [0.2, 0.25) is 10.0 Å². The topological polar surface area (TPSA) is 109 Å². The van der Waals surface area contributed by atoms with Crippen LogP contribution in [0.4, 0.5) is 17.6 Å². The van der Waals surface area contributed by atoms with Gasteiger partial charge in [0.15, 0.2) is 0 Å². The summed E-state index contributed by atoms with van der Waals surface area (Å²) in [6.07, 6.45) is 0. The molecule has 0 bridgehead atoms. The molecule has 142 valence electrons. The lowest BCUT2D eigenvalue weighted by atomic mass is 10.0. The lowest BCUT2D eigenvalue weighted by Gasteiger charge is -2.13. The van der Waals surface area contributed by atoms with Gasteiger partial charge in [0.05, 0.1) is 16.7 Å². The molecular weight excluding hydrogens is 389 g/mol. The van der Waals surface area contributed by atoms with Gasteiger partial charge in [0.25, 0.3) is 0 Å². The monoisotopic (exact) mass is 407 g/mol. The number of nitrogens with two attached hydrogens (primary N) is 1. The first-order valence-electron chi connectivity index (χ1n) is 8.24. The Morgan fingerprint density at radius 1 is 1.22 bits per heavy atom. The molecule has 1 heterocycles. The van der Waals surface area contributed by atoms with Crippen LogP contribution in [0.1, 0.15) is 6.92 Å². The smallest absolute Gasteiger partial charge is 0.248 e. The van der Waals surface area contributed by atoms with E-state index < -0.39 is 0 Å². The van der Waals surface area contributed by atoms with E-state index in [9.17, 15) is 0 Å². The summed E-state index contributed by atoms with van der Waals surface area (Å²) in [5.74, 6) is 1.33. The van der Waals surface area contributed by atoms with Gasteiger partial charge in [0.2, 0.25) is 11.9 Å². The molecule has 0 aliphatic carbocycles. The maximum Gasteiger partial charge on any atom is 0.248 e. The SMILES string of the molecule is CC(CO)COc1ccc(-c2c(Cl)cc(Nc3n[nH]c(N)n3)cc2Cl)cc1. The van der Waals surface area contributed by atoms with Crippen molar-refractivity contribution in [2.24, 2.45) is 5.92 Å². The van der Waals surface area contributed by atoms with Gasteiger partial charge in [-0.15, -0.1) is 5.10 Å². The van der Waals surface area contributed by atoms with Crippen molar-refractivity contribution in [3.05, 3.63) is 46.4 Å². The number of aliphatic hydroxyl groups is 1. The van der Waals surface area contributed by atoms with Crippen molar-refractivity contribution >= 4 is 40.8 Å². The lowest BCUT2D eigenvalue weighted by molar-refractivity contribution is 0.174. The number of nitrogens with zero attached hydrogens (tertiary/aromatic N) is 2. The molecule has 0 saturated carbocycles. The summed E-state index contributed by atoms with van der Waals surface area (Å²) >= 11 is 12.9. The number of aromatic amines is 1. The van der Waals surface area contributed by atoms with E-state index in [1.807, 2.05) is 31.2 Å². The van der Waals surface area contributed by atoms with Crippen LogP contribution in [0.25, 0.3) is 11.1 Å². The number of ether oxygens (including phenoxy) is 1. The van der Waals surface area contributed by atoms with Crippen molar-refractivity contribution in [2.75, 3.05) is 24.3 Å². The van der Waals surface area contributed by atoms with E-state index in [4.69, 9.17) is 38.8 Å². The fourth-order valence-corrected chi connectivity index (χ4v) is 3.09. The number of anilines is 3. The number of nitrogen functional groups attached to an aromatic ring is 1. The molecule has 2 aromatic carbocycles. The highest BCUT2D eigenvalue weighted by Crippen LogP contribution is 2.38. The Balaban J connectivity index is 1.78. The van der Waals surface area contributed by atoms with Crippen LogP contribution >= 0.6 is 23.2 Å². The molecule has 0 fully saturated rings. The number of benzene rings is 2. The first kappa shape index (κ1) is 19.3. The summed E-state index contributed by atoms with van der Waals surface area (Å²) in [6.45, 7) is 2.45. The highest BCUT2D eigenvalue weighted by molar-refractivity contribution is 6.39. The van der Waals surface area contributed by atoms with E-state index >= 15 is 0 Å². The Morgan fingerprint density at radius 3 is 2.44 bits per heavy atom. The van der Waals surface area contributed by atoms with Gasteiger partial charge in [-0.2, -0.15) is 4.98 Å². The van der Waals surface area contributed by atoms with Gasteiger partial charge in [-0.1, -0.05) is 42.3 Å². The normalized spacial score (nSPS) is 12.0. The van der Waals surface area contributed by atoms with Crippen LogP contribution < -0.4 is 15.8 Å². The van der Waals surface area contributed by atoms with Gasteiger partial charge < -0.3 is 20.9 Å². The minimum absolute atomic E-state index is 0.0768. The zero-order chi connectivity index (χ0) is 19.4. The first-order chi connectivity index (χ1) is 13.0. The molecule has 0 radical (unpaired) electrons. The zero-order valence-corrected chi connectivity index (χ0v) is 16.1. The number of nitrogens with one attached hydrogen (secondary N) is 2. The number of hydrogen-bond donors (Lipinski definition) is 4. The van der Waals surface area contributed by atoms with E-state index in [1.54, 1.807) is 12.1 Å². The average Bonchev–Trinajstić information content (AvgIpc) is 3.04. The minimum atomic E-state index is 0.0768. The molecule has 1 aromatic heterocycles. The molecule has 27 heavy (non-hydrogen) atoms. The number of hydrogen-bond acceptors (Lipinski definition) is 6. The molecule has 5 N–H and O–H groups in total. The van der Waals surface area contributed by atoms with E-state index in [0.717, 1.165) is 5.56 Å². The van der Waals surface area contributed by atoms with Crippen LogP contribution in [-0.4, -0.2) is 33.5 Å². The van der Waals surface area contributed by atoms with Crippen molar-refractivity contribution in [3.63, 3.8) is 0 Å². The van der Waals surface area contributed by atoms with Crippen molar-refractivity contribution < 1.29 is 9.84 Å². The third-order valence-corrected chi connectivity index (χ3v) is 4.39. The van der Waals surface area contributed by atoms with Crippen LogP contribution in [0, 0.1) is 5.92 Å². The maximum atomic E-state index is 9.05. The van der Waals surface area contributed by atoms with Crippen LogP contribution in [-0.2, 0) is 0 Å². The van der Waals surface area contributed by atoms with Gasteiger partial charge in [-0.25, -0.2) is 5.10 Å². The molecule has 1 atom stereocenters. The predicted octanol–water partition coefficient (Wildman–Crippen LogP) is 4.11. The summed E-state index contributed by atoms with van der Waals surface area (Å²) in [7, 11) is 0. The number of halogens is 2. The van der Waals surface area contributed by atoms with Crippen LogP contribution in [0.3, 0.4) is 0 Å². The number of aliphatic hydroxyl groups excluding tert-OH is 1. The quantitative estimate of drug-likeness (QED) is 0.469. The Hall–Kier alpha value is -2.48. The summed E-state index contributed by atoms with van der Waals surface area (Å²) in [5, 5.41) is 19.5. The number of aromatic nitrogens is 3. The van der Waals surface area contributed by atoms with Gasteiger partial charge >= 0.3 is 0 Å². The van der Waals surface area contributed by atoms with E-state index in [1.165, 1.54) is 0 Å². The molecule has 3 rings (SSSR count). The first-order valence-corrected chi connectivity index (χ1v) is 9.00. The standard InChI is InChI=1S/C18H19Cl2N5O2/c1-10(8-26)9-27-13-4-2-11(3-5-13)16-14(19)6-12(7-15(16)20)22-18-23-17(21)24-25-18/h2-7,10,26H,8-9H2,1H3,(H4,21,22,23,24,25). The van der Waals surface area contributed by atoms with Crippen LogP contribution in [0.15, 0.2) is 36.4 Å². The Morgan fingerprint density at radius 2 is 1.89 bits per heavy atom. The average molecular weight is 408 g/mol. The second kappa shape index (κ2) is 8.47. The molecular formula is C18H19Cl2N5O2. The van der Waals surface area contributed by atoms with Gasteiger partial charge in [-0.05, 0) is 29.8 Å². The summed E-state index contributed by atoms with van der Waals surface area (Å²) in [4.78, 5) is 3.98. The molecule has 0 saturated heterocycles. The maximum absolute atomic E-state index is 9.05. The van der Waals surface area contributed by atoms with Crippen molar-refractivity contribution in [3.8, 4) is 16.9 Å². The zero-order valence-electron chi connectivity index (χ0n) is 14.5. The molecule has 1 unspecified atom stereocenters. The van der Waals surface area contributed by atoms with Gasteiger partial charge in [-0.3, -0.25) is 0 Å². The molecule has 3 aromatic rings. The van der Waals surface area contributed by atoms with Crippen molar-refractivity contribution in [1.82, 2.24) is 15.2 Å². The highest BCUT2D eigenvalue weighted by Gasteiger charge is 2.12. The Kier molecular flexibility index (Phi) is 6.05. The van der Waals surface area contributed by atoms with Gasteiger partial charge in [0, 0.05) is 23.8 Å². The third kappa shape index (κ3) is 4.82. The van der Waals surface area contributed by atoms with Crippen LogP contribution in [0.5, 0.6) is 5.75 Å². The molecule has 0 amide bonds. The van der Waals surface area contributed by atoms with Crippen molar-refractivity contribution in [1.29, 1.82) is 0 Å². The predicted molar refractivity (Wildman–Crippen MR) is 108 cm³/mol. The Labute approximate surface area is 166 Å². The van der Waals surface area contributed by atoms with E-state index in [-0.39, 0.29) is 18.5 Å². The fraction of sp³-hybridized carbons (Fsp3) is 0.222. The molecule has 9 heteroatoms. The van der Waals surface area contributed by atoms with Gasteiger partial charge in [0.1, 0.15) is 5.75 Å². The highest BCUT2D eigenvalue weighted by atomic mass is 35.5. The molecule has 0 aliphatic rings. The van der Waals surface area contributed by atoms with E-state index in [0.29, 0.717) is 39.6 Å². The molecule has 7 nitrogen and oxygen atoms in total. The van der Waals surface area contributed by atoms with E-state index in [2.05, 4.69) is 20.5 Å². The summed E-state index contributed by atoms with van der Waals surface area (Å²) < 4.78 is 5.63. The second-order valence-corrected chi connectivity index (χ2v) is 6.92. The largest absolute Gasteiger partial charge is 0.493 e. The molecule has 0 aliphatic heterocycles. The summed E-state index contributed by atoms with van der Waals surface area (Å²) in [6, 6.07) is 10.9.